The number of carbonyl (C=O) groups excluding carboxylic acids is 1. The van der Waals surface area contributed by atoms with Crippen molar-refractivity contribution in [2.24, 2.45) is 7.05 Å². The fraction of sp³-hybridized carbons (Fsp3) is 0.350. The molecule has 1 saturated heterocycles. The number of fused-ring (bicyclic) bond motifs is 1. The van der Waals surface area contributed by atoms with Gasteiger partial charge in [0, 0.05) is 44.5 Å². The molecule has 27 heavy (non-hydrogen) atoms. The second-order valence-corrected chi connectivity index (χ2v) is 7.07. The molecule has 0 bridgehead atoms. The van der Waals surface area contributed by atoms with E-state index in [9.17, 15) is 9.59 Å². The van der Waals surface area contributed by atoms with Gasteiger partial charge in [-0.15, -0.1) is 0 Å². The Morgan fingerprint density at radius 1 is 1.26 bits per heavy atom. The first-order valence-electron chi connectivity index (χ1n) is 9.22. The molecule has 1 amide bonds. The molecule has 3 heterocycles. The molecule has 7 nitrogen and oxygen atoms in total. The highest BCUT2D eigenvalue weighted by molar-refractivity contribution is 5.97. The van der Waals surface area contributed by atoms with E-state index in [1.54, 1.807) is 25.2 Å². The zero-order valence-electron chi connectivity index (χ0n) is 15.3. The molecule has 0 aliphatic carbocycles. The van der Waals surface area contributed by atoms with Gasteiger partial charge in [-0.2, -0.15) is 0 Å². The van der Waals surface area contributed by atoms with Crippen molar-refractivity contribution in [3.8, 4) is 0 Å². The number of hydrogen-bond acceptors (Lipinski definition) is 4. The van der Waals surface area contributed by atoms with Gasteiger partial charge in [0.25, 0.3) is 5.91 Å². The second kappa shape index (κ2) is 7.36. The van der Waals surface area contributed by atoms with Crippen LogP contribution in [0.15, 0.2) is 47.4 Å². The van der Waals surface area contributed by atoms with Crippen LogP contribution >= 0.6 is 0 Å². The lowest BCUT2D eigenvalue weighted by atomic mass is 10.0. The summed E-state index contributed by atoms with van der Waals surface area (Å²) in [6.45, 7) is 2.72. The summed E-state index contributed by atoms with van der Waals surface area (Å²) in [7, 11) is 1.71. The van der Waals surface area contributed by atoms with Crippen molar-refractivity contribution < 1.29 is 4.79 Å². The molecule has 1 aliphatic heterocycles. The van der Waals surface area contributed by atoms with Crippen LogP contribution in [0.2, 0.25) is 0 Å². The maximum Gasteiger partial charge on any atom is 0.326 e. The van der Waals surface area contributed by atoms with E-state index in [4.69, 9.17) is 0 Å². The summed E-state index contributed by atoms with van der Waals surface area (Å²) in [4.78, 5) is 33.8. The van der Waals surface area contributed by atoms with Crippen LogP contribution in [0.4, 0.5) is 0 Å². The van der Waals surface area contributed by atoms with Crippen LogP contribution in [0.1, 0.15) is 28.9 Å². The number of imidazole rings is 1. The number of benzene rings is 1. The quantitative estimate of drug-likeness (QED) is 0.737. The summed E-state index contributed by atoms with van der Waals surface area (Å²) in [6.07, 6.45) is 3.66. The van der Waals surface area contributed by atoms with E-state index >= 15 is 0 Å². The van der Waals surface area contributed by atoms with E-state index < -0.39 is 0 Å². The molecule has 0 spiro atoms. The molecule has 1 fully saturated rings. The summed E-state index contributed by atoms with van der Waals surface area (Å²) in [6, 6.07) is 11.4. The number of hydrogen-bond donors (Lipinski definition) is 2. The van der Waals surface area contributed by atoms with E-state index in [1.807, 2.05) is 24.4 Å². The molecule has 3 aromatic rings. The van der Waals surface area contributed by atoms with Crippen molar-refractivity contribution in [3.63, 3.8) is 0 Å². The smallest absolute Gasteiger partial charge is 0.326 e. The third-order valence-electron chi connectivity index (χ3n) is 5.20. The topological polar surface area (TPSA) is 83.0 Å². The number of nitrogens with zero attached hydrogens (tertiary/aromatic N) is 3. The number of pyridine rings is 1. The predicted molar refractivity (Wildman–Crippen MR) is 104 cm³/mol. The molecule has 0 atom stereocenters. The number of aromatic nitrogens is 3. The van der Waals surface area contributed by atoms with Crippen LogP contribution in [0.5, 0.6) is 0 Å². The van der Waals surface area contributed by atoms with Gasteiger partial charge in [-0.25, -0.2) is 4.79 Å². The number of rotatable bonds is 4. The third-order valence-corrected chi connectivity index (χ3v) is 5.20. The lowest BCUT2D eigenvalue weighted by molar-refractivity contribution is 0.0908. The minimum atomic E-state index is -0.178. The van der Waals surface area contributed by atoms with Crippen molar-refractivity contribution in [1.82, 2.24) is 24.8 Å². The molecule has 2 aromatic heterocycles. The number of aromatic amines is 1. The normalized spacial score (nSPS) is 15.9. The number of nitrogens with one attached hydrogen (secondary N) is 2. The molecule has 2 N–H and O–H groups in total. The summed E-state index contributed by atoms with van der Waals surface area (Å²) in [5, 5.41) is 3.13. The third kappa shape index (κ3) is 3.78. The Hall–Kier alpha value is -2.93. The van der Waals surface area contributed by atoms with Gasteiger partial charge >= 0.3 is 5.69 Å². The van der Waals surface area contributed by atoms with Gasteiger partial charge in [-0.3, -0.25) is 19.2 Å². The van der Waals surface area contributed by atoms with E-state index in [0.29, 0.717) is 11.1 Å². The molecule has 0 saturated carbocycles. The fourth-order valence-corrected chi connectivity index (χ4v) is 3.60. The Morgan fingerprint density at radius 2 is 2.07 bits per heavy atom. The molecular formula is C20H23N5O2. The number of carbonyl (C=O) groups is 1. The maximum atomic E-state index is 12.6. The molecule has 1 aliphatic rings. The number of amides is 1. The summed E-state index contributed by atoms with van der Waals surface area (Å²) < 4.78 is 1.54. The Bertz CT molecular complexity index is 1000. The first kappa shape index (κ1) is 17.5. The Kier molecular flexibility index (Phi) is 4.77. The molecule has 4 rings (SSSR count). The first-order chi connectivity index (χ1) is 13.1. The minimum Gasteiger partial charge on any atom is -0.349 e. The van der Waals surface area contributed by atoms with Crippen molar-refractivity contribution >= 4 is 16.9 Å². The maximum absolute atomic E-state index is 12.6. The van der Waals surface area contributed by atoms with Gasteiger partial charge in [0.1, 0.15) is 0 Å². The molecule has 140 valence electrons. The van der Waals surface area contributed by atoms with Crippen LogP contribution in [0.3, 0.4) is 0 Å². The number of H-pyrrole nitrogens is 1. The molecular weight excluding hydrogens is 342 g/mol. The Labute approximate surface area is 157 Å². The van der Waals surface area contributed by atoms with Crippen LogP contribution in [0, 0.1) is 0 Å². The van der Waals surface area contributed by atoms with Gasteiger partial charge in [-0.05, 0) is 43.2 Å². The van der Waals surface area contributed by atoms with E-state index in [1.165, 1.54) is 4.57 Å². The standard InChI is InChI=1S/C20H23N5O2/c1-24-18-6-5-14(12-17(18)23-20(24)27)19(26)22-15-7-10-25(11-8-15)13-16-4-2-3-9-21-16/h2-6,9,12,15H,7-8,10-11,13H2,1H3,(H,22,26)(H,23,27). The highest BCUT2D eigenvalue weighted by Gasteiger charge is 2.21. The summed E-state index contributed by atoms with van der Waals surface area (Å²) in [5.41, 5.74) is 2.94. The van der Waals surface area contributed by atoms with Crippen LogP contribution in [-0.4, -0.2) is 44.5 Å². The first-order valence-corrected chi connectivity index (χ1v) is 9.22. The number of piperidine rings is 1. The van der Waals surface area contributed by atoms with Crippen molar-refractivity contribution in [2.45, 2.75) is 25.4 Å². The van der Waals surface area contributed by atoms with Gasteiger partial charge in [-0.1, -0.05) is 6.07 Å². The zero-order chi connectivity index (χ0) is 18.8. The fourth-order valence-electron chi connectivity index (χ4n) is 3.60. The van der Waals surface area contributed by atoms with Crippen molar-refractivity contribution in [3.05, 3.63) is 64.3 Å². The average Bonchev–Trinajstić information content (AvgIpc) is 2.97. The molecule has 7 heteroatoms. The zero-order valence-corrected chi connectivity index (χ0v) is 15.3. The lowest BCUT2D eigenvalue weighted by Crippen LogP contribution is -2.44. The SMILES string of the molecule is Cn1c(=O)[nH]c2cc(C(=O)NC3CCN(Cc4ccccn4)CC3)ccc21. The summed E-state index contributed by atoms with van der Waals surface area (Å²) in [5.74, 6) is -0.0928. The highest BCUT2D eigenvalue weighted by atomic mass is 16.2. The van der Waals surface area contributed by atoms with Gasteiger partial charge in [0.15, 0.2) is 0 Å². The van der Waals surface area contributed by atoms with E-state index in [0.717, 1.165) is 43.7 Å². The van der Waals surface area contributed by atoms with Crippen LogP contribution in [-0.2, 0) is 13.6 Å². The Morgan fingerprint density at radius 3 is 2.81 bits per heavy atom. The van der Waals surface area contributed by atoms with E-state index in [-0.39, 0.29) is 17.6 Å². The van der Waals surface area contributed by atoms with Crippen LogP contribution in [0.25, 0.3) is 11.0 Å². The molecule has 0 unspecified atom stereocenters. The predicted octanol–water partition coefficient (Wildman–Crippen LogP) is 1.66. The number of aryl methyl sites for hydroxylation is 1. The second-order valence-electron chi connectivity index (χ2n) is 7.07. The molecule has 1 aromatic carbocycles. The monoisotopic (exact) mass is 365 g/mol. The van der Waals surface area contributed by atoms with Gasteiger partial charge in [0.05, 0.1) is 16.7 Å². The highest BCUT2D eigenvalue weighted by Crippen LogP contribution is 2.15. The van der Waals surface area contributed by atoms with Gasteiger partial charge in [0.2, 0.25) is 0 Å². The van der Waals surface area contributed by atoms with Crippen LogP contribution < -0.4 is 11.0 Å². The number of likely N-dealkylation sites (tertiary alicyclic amines) is 1. The lowest BCUT2D eigenvalue weighted by Gasteiger charge is -2.32. The minimum absolute atomic E-state index is 0.0928. The molecule has 0 radical (unpaired) electrons. The summed E-state index contributed by atoms with van der Waals surface area (Å²) >= 11 is 0. The van der Waals surface area contributed by atoms with E-state index in [2.05, 4.69) is 20.2 Å². The largest absolute Gasteiger partial charge is 0.349 e. The van der Waals surface area contributed by atoms with Gasteiger partial charge < -0.3 is 10.3 Å². The average molecular weight is 365 g/mol. The Balaban J connectivity index is 1.35. The van der Waals surface area contributed by atoms with Crippen molar-refractivity contribution in [1.29, 1.82) is 0 Å². The van der Waals surface area contributed by atoms with Crippen molar-refractivity contribution in [2.75, 3.05) is 13.1 Å².